The average Bonchev–Trinajstić information content (AvgIpc) is 2.28. The van der Waals surface area contributed by atoms with E-state index in [0.717, 1.165) is 18.2 Å². The first-order chi connectivity index (χ1) is 7.93. The van der Waals surface area contributed by atoms with Crippen LogP contribution in [0, 0.1) is 0 Å². The van der Waals surface area contributed by atoms with Gasteiger partial charge in [0.05, 0.1) is 12.7 Å². The normalized spacial score (nSPS) is 11.5. The van der Waals surface area contributed by atoms with Gasteiger partial charge in [-0.05, 0) is 24.3 Å². The topological polar surface area (TPSA) is 38.3 Å². The molecule has 0 bridgehead atoms. The lowest BCUT2D eigenvalue weighted by Crippen LogP contribution is -2.04. The third kappa shape index (κ3) is 4.18. The summed E-state index contributed by atoms with van der Waals surface area (Å²) in [4.78, 5) is 10.7. The minimum atomic E-state index is -4.35. The van der Waals surface area contributed by atoms with E-state index in [1.165, 1.54) is 25.4 Å². The molecule has 0 aliphatic heterocycles. The summed E-state index contributed by atoms with van der Waals surface area (Å²) >= 11 is 0. The van der Waals surface area contributed by atoms with Gasteiger partial charge in [-0.15, -0.1) is 0 Å². The minimum absolute atomic E-state index is 0.443. The van der Waals surface area contributed by atoms with Gasteiger partial charge in [-0.25, -0.2) is 4.79 Å². The quantitative estimate of drug-likeness (QED) is 0.657. The Bertz CT molecular complexity index is 410. The standard InChI is InChI=1S/C11H10F3NO2/c1-17-10(16)6-7-15-9-4-2-8(3-5-9)11(12,13)14/h2-7,15H,1H3/b7-6+. The number of halogens is 3. The number of rotatable bonds is 3. The highest BCUT2D eigenvalue weighted by Crippen LogP contribution is 2.29. The fourth-order valence-corrected chi connectivity index (χ4v) is 1.03. The van der Waals surface area contributed by atoms with E-state index in [0.29, 0.717) is 5.69 Å². The zero-order chi connectivity index (χ0) is 12.9. The van der Waals surface area contributed by atoms with Gasteiger partial charge in [0, 0.05) is 18.0 Å². The van der Waals surface area contributed by atoms with Crippen molar-refractivity contribution in [2.75, 3.05) is 12.4 Å². The Morgan fingerprint density at radius 2 is 1.88 bits per heavy atom. The van der Waals surface area contributed by atoms with E-state index in [4.69, 9.17) is 0 Å². The molecule has 0 atom stereocenters. The van der Waals surface area contributed by atoms with E-state index in [1.807, 2.05) is 0 Å². The lowest BCUT2D eigenvalue weighted by molar-refractivity contribution is -0.137. The fraction of sp³-hybridized carbons (Fsp3) is 0.182. The van der Waals surface area contributed by atoms with Crippen LogP contribution in [0.25, 0.3) is 0 Å². The van der Waals surface area contributed by atoms with Gasteiger partial charge in [0.2, 0.25) is 0 Å². The lowest BCUT2D eigenvalue weighted by Gasteiger charge is -2.07. The summed E-state index contributed by atoms with van der Waals surface area (Å²) in [5, 5.41) is 2.64. The molecule has 0 aliphatic carbocycles. The first kappa shape index (κ1) is 13.1. The maximum atomic E-state index is 12.2. The Labute approximate surface area is 95.9 Å². The first-order valence-corrected chi connectivity index (χ1v) is 4.62. The van der Waals surface area contributed by atoms with E-state index in [2.05, 4.69) is 10.1 Å². The molecule has 0 amide bonds. The summed E-state index contributed by atoms with van der Waals surface area (Å²) in [5.41, 5.74) is -0.279. The van der Waals surface area contributed by atoms with Crippen LogP contribution in [-0.4, -0.2) is 13.1 Å². The van der Waals surface area contributed by atoms with Gasteiger partial charge >= 0.3 is 12.1 Å². The fourth-order valence-electron chi connectivity index (χ4n) is 1.03. The third-order valence-electron chi connectivity index (χ3n) is 1.88. The lowest BCUT2D eigenvalue weighted by atomic mass is 10.2. The number of hydrogen-bond acceptors (Lipinski definition) is 3. The summed E-state index contributed by atoms with van der Waals surface area (Å²) in [7, 11) is 1.23. The Morgan fingerprint density at radius 1 is 1.29 bits per heavy atom. The van der Waals surface area contributed by atoms with Crippen molar-refractivity contribution >= 4 is 11.7 Å². The number of esters is 1. The molecule has 6 heteroatoms. The molecule has 17 heavy (non-hydrogen) atoms. The summed E-state index contributed by atoms with van der Waals surface area (Å²) in [5.74, 6) is -0.551. The molecular formula is C11H10F3NO2. The molecule has 0 saturated heterocycles. The molecule has 1 aromatic carbocycles. The van der Waals surface area contributed by atoms with E-state index in [9.17, 15) is 18.0 Å². The Balaban J connectivity index is 2.63. The first-order valence-electron chi connectivity index (χ1n) is 4.62. The van der Waals surface area contributed by atoms with E-state index in [-0.39, 0.29) is 0 Å². The number of hydrogen-bond donors (Lipinski definition) is 1. The van der Waals surface area contributed by atoms with Crippen LogP contribution in [0.3, 0.4) is 0 Å². The summed E-state index contributed by atoms with van der Waals surface area (Å²) in [6.45, 7) is 0. The molecule has 0 saturated carbocycles. The molecule has 92 valence electrons. The number of ether oxygens (including phenoxy) is 1. The van der Waals surface area contributed by atoms with Gasteiger partial charge in [0.1, 0.15) is 0 Å². The summed E-state index contributed by atoms with van der Waals surface area (Å²) in [6, 6.07) is 4.44. The van der Waals surface area contributed by atoms with Gasteiger partial charge in [-0.2, -0.15) is 13.2 Å². The number of anilines is 1. The van der Waals surface area contributed by atoms with Gasteiger partial charge in [-0.1, -0.05) is 0 Å². The van der Waals surface area contributed by atoms with Crippen molar-refractivity contribution in [2.24, 2.45) is 0 Å². The van der Waals surface area contributed by atoms with Gasteiger partial charge < -0.3 is 10.1 Å². The second-order valence-corrected chi connectivity index (χ2v) is 3.08. The predicted molar refractivity (Wildman–Crippen MR) is 56.2 cm³/mol. The molecule has 0 aromatic heterocycles. The molecule has 0 spiro atoms. The largest absolute Gasteiger partial charge is 0.466 e. The molecule has 3 nitrogen and oxygen atoms in total. The van der Waals surface area contributed by atoms with Crippen molar-refractivity contribution < 1.29 is 22.7 Å². The second-order valence-electron chi connectivity index (χ2n) is 3.08. The Morgan fingerprint density at radius 3 is 2.35 bits per heavy atom. The van der Waals surface area contributed by atoms with Gasteiger partial charge in [-0.3, -0.25) is 0 Å². The van der Waals surface area contributed by atoms with Crippen LogP contribution in [0.1, 0.15) is 5.56 Å². The smallest absolute Gasteiger partial charge is 0.416 e. The number of alkyl halides is 3. The zero-order valence-corrected chi connectivity index (χ0v) is 8.91. The van der Waals surface area contributed by atoms with Crippen LogP contribution < -0.4 is 5.32 Å². The molecule has 0 aliphatic rings. The Hall–Kier alpha value is -1.98. The molecule has 0 radical (unpaired) electrons. The molecule has 0 heterocycles. The van der Waals surface area contributed by atoms with Crippen LogP contribution in [0.5, 0.6) is 0 Å². The number of nitrogens with one attached hydrogen (secondary N) is 1. The molecule has 0 fully saturated rings. The maximum absolute atomic E-state index is 12.2. The van der Waals surface area contributed by atoms with Crippen LogP contribution in [0.15, 0.2) is 36.5 Å². The monoisotopic (exact) mass is 245 g/mol. The van der Waals surface area contributed by atoms with Gasteiger partial charge in [0.15, 0.2) is 0 Å². The molecule has 0 unspecified atom stereocenters. The summed E-state index contributed by atoms with van der Waals surface area (Å²) in [6.07, 6.45) is -1.94. The molecule has 1 rings (SSSR count). The SMILES string of the molecule is COC(=O)/C=C/Nc1ccc(C(F)(F)F)cc1. The van der Waals surface area contributed by atoms with Crippen LogP contribution in [-0.2, 0) is 15.7 Å². The van der Waals surface area contributed by atoms with Crippen molar-refractivity contribution in [2.45, 2.75) is 6.18 Å². The summed E-state index contributed by atoms with van der Waals surface area (Å²) < 4.78 is 41.0. The van der Waals surface area contributed by atoms with E-state index >= 15 is 0 Å². The predicted octanol–water partition coefficient (Wildman–Crippen LogP) is 2.80. The van der Waals surface area contributed by atoms with Crippen molar-refractivity contribution in [3.05, 3.63) is 42.1 Å². The highest BCUT2D eigenvalue weighted by atomic mass is 19.4. The van der Waals surface area contributed by atoms with Gasteiger partial charge in [0.25, 0.3) is 0 Å². The number of carbonyl (C=O) groups excluding carboxylic acids is 1. The Kier molecular flexibility index (Phi) is 4.14. The highest BCUT2D eigenvalue weighted by molar-refractivity contribution is 5.82. The number of carbonyl (C=O) groups is 1. The van der Waals surface area contributed by atoms with Crippen LogP contribution in [0.4, 0.5) is 18.9 Å². The molecule has 1 aromatic rings. The van der Waals surface area contributed by atoms with E-state index < -0.39 is 17.7 Å². The highest BCUT2D eigenvalue weighted by Gasteiger charge is 2.29. The molecular weight excluding hydrogens is 235 g/mol. The minimum Gasteiger partial charge on any atom is -0.466 e. The molecule has 1 N–H and O–H groups in total. The van der Waals surface area contributed by atoms with Crippen LogP contribution in [0.2, 0.25) is 0 Å². The second kappa shape index (κ2) is 5.38. The number of benzene rings is 1. The van der Waals surface area contributed by atoms with Crippen molar-refractivity contribution in [3.63, 3.8) is 0 Å². The third-order valence-corrected chi connectivity index (χ3v) is 1.88. The number of methoxy groups -OCH3 is 1. The van der Waals surface area contributed by atoms with Crippen molar-refractivity contribution in [1.82, 2.24) is 0 Å². The van der Waals surface area contributed by atoms with Crippen molar-refractivity contribution in [3.8, 4) is 0 Å². The average molecular weight is 245 g/mol. The van der Waals surface area contributed by atoms with Crippen LogP contribution >= 0.6 is 0 Å². The maximum Gasteiger partial charge on any atom is 0.416 e. The van der Waals surface area contributed by atoms with Crippen molar-refractivity contribution in [1.29, 1.82) is 0 Å². The zero-order valence-electron chi connectivity index (χ0n) is 8.91. The van der Waals surface area contributed by atoms with E-state index in [1.54, 1.807) is 0 Å².